The minimum Gasteiger partial charge on any atom is -0.421 e. The Balaban J connectivity index is 0.00000452. The molecule has 0 unspecified atom stereocenters. The van der Waals surface area contributed by atoms with Gasteiger partial charge in [-0.05, 0) is 30.7 Å². The molecule has 2 amide bonds. The fourth-order valence-corrected chi connectivity index (χ4v) is 4.49. The number of unbranched alkanes of at least 4 members (excludes halogenated alkanes) is 12. The third-order valence-electron chi connectivity index (χ3n) is 6.90. The van der Waals surface area contributed by atoms with Crippen molar-refractivity contribution in [2.75, 3.05) is 39.5 Å². The third-order valence-corrected chi connectivity index (χ3v) is 6.90. The van der Waals surface area contributed by atoms with Crippen LogP contribution < -0.4 is 10.6 Å². The van der Waals surface area contributed by atoms with Crippen molar-refractivity contribution in [2.45, 2.75) is 118 Å². The fourth-order valence-electron chi connectivity index (χ4n) is 4.49. The number of carbonyl (C=O) groups excluding carboxylic acids is 2. The number of ether oxygens (including phenoxy) is 2. The van der Waals surface area contributed by atoms with Gasteiger partial charge in [0.1, 0.15) is 0 Å². The summed E-state index contributed by atoms with van der Waals surface area (Å²) < 4.78 is 16.4. The van der Waals surface area contributed by atoms with Crippen LogP contribution in [-0.4, -0.2) is 61.5 Å². The molecule has 0 atom stereocenters. The van der Waals surface area contributed by atoms with E-state index in [-0.39, 0.29) is 11.8 Å². The number of hydrogen-bond donors (Lipinski definition) is 2. The molecule has 244 valence electrons. The first kappa shape index (κ1) is 38.2. The first-order valence-corrected chi connectivity index (χ1v) is 16.7. The molecule has 1 aromatic heterocycles. The van der Waals surface area contributed by atoms with E-state index in [4.69, 9.17) is 13.9 Å². The van der Waals surface area contributed by atoms with Crippen LogP contribution in [0.15, 0.2) is 28.7 Å². The lowest BCUT2D eigenvalue weighted by Crippen LogP contribution is -2.28. The quantitative estimate of drug-likeness (QED) is 0.114. The van der Waals surface area contributed by atoms with Crippen LogP contribution >= 0.6 is 0 Å². The molecule has 0 fully saturated rings. The zero-order valence-corrected chi connectivity index (χ0v) is 27.4. The van der Waals surface area contributed by atoms with E-state index < -0.39 is 0 Å². The highest BCUT2D eigenvalue weighted by Gasteiger charge is 2.09. The Kier molecular flexibility index (Phi) is 23.9. The average molecular weight is 603 g/mol. The third kappa shape index (κ3) is 19.9. The van der Waals surface area contributed by atoms with E-state index in [0.29, 0.717) is 63.3 Å². The minimum absolute atomic E-state index is 0.100. The Bertz CT molecular complexity index is 949. The number of hydrogen-bond acceptors (Lipinski definition) is 7. The van der Waals surface area contributed by atoms with E-state index in [9.17, 15) is 9.59 Å². The second-order valence-corrected chi connectivity index (χ2v) is 10.5. The van der Waals surface area contributed by atoms with Gasteiger partial charge in [-0.15, -0.1) is 10.2 Å². The highest BCUT2D eigenvalue weighted by molar-refractivity contribution is 5.94. The van der Waals surface area contributed by atoms with Crippen LogP contribution in [0.2, 0.25) is 0 Å². The topological polar surface area (TPSA) is 116 Å². The Morgan fingerprint density at radius 3 is 1.72 bits per heavy atom. The van der Waals surface area contributed by atoms with Gasteiger partial charge in [-0.25, -0.2) is 0 Å². The van der Waals surface area contributed by atoms with E-state index in [2.05, 4.69) is 27.8 Å². The van der Waals surface area contributed by atoms with Crippen molar-refractivity contribution in [1.29, 1.82) is 0 Å². The summed E-state index contributed by atoms with van der Waals surface area (Å²) in [5.41, 5.74) is 1.31. The summed E-state index contributed by atoms with van der Waals surface area (Å²) in [6, 6.07) is 6.99. The van der Waals surface area contributed by atoms with Crippen LogP contribution in [0, 0.1) is 6.92 Å². The second-order valence-electron chi connectivity index (χ2n) is 10.5. The van der Waals surface area contributed by atoms with E-state index >= 15 is 0 Å². The number of benzene rings is 1. The maximum atomic E-state index is 12.3. The molecule has 9 nitrogen and oxygen atoms in total. The molecule has 2 aromatic rings. The van der Waals surface area contributed by atoms with Gasteiger partial charge >= 0.3 is 0 Å². The van der Waals surface area contributed by atoms with Crippen LogP contribution in [0.3, 0.4) is 0 Å². The van der Waals surface area contributed by atoms with Gasteiger partial charge in [0.05, 0.1) is 26.4 Å². The zero-order chi connectivity index (χ0) is 31.4. The summed E-state index contributed by atoms with van der Waals surface area (Å²) in [6.07, 6.45) is 17.6. The molecule has 0 saturated carbocycles. The molecule has 2 N–H and O–H groups in total. The lowest BCUT2D eigenvalue weighted by atomic mass is 10.0. The number of carbonyl (C=O) groups is 2. The summed E-state index contributed by atoms with van der Waals surface area (Å²) in [4.78, 5) is 24.2. The second kappa shape index (κ2) is 26.8. The van der Waals surface area contributed by atoms with Crippen molar-refractivity contribution >= 4 is 11.8 Å². The predicted molar refractivity (Wildman–Crippen MR) is 173 cm³/mol. The van der Waals surface area contributed by atoms with Crippen LogP contribution in [0.5, 0.6) is 0 Å². The normalized spacial score (nSPS) is 10.7. The molecule has 0 aliphatic rings. The fraction of sp³-hybridized carbons (Fsp3) is 0.706. The molecule has 0 radical (unpaired) electrons. The zero-order valence-electron chi connectivity index (χ0n) is 27.4. The molecule has 9 heteroatoms. The van der Waals surface area contributed by atoms with Crippen molar-refractivity contribution < 1.29 is 23.5 Å². The molecule has 0 saturated heterocycles. The maximum absolute atomic E-state index is 12.3. The molecule has 0 aliphatic carbocycles. The Hall–Kier alpha value is -2.78. The Labute approximate surface area is 260 Å². The van der Waals surface area contributed by atoms with Crippen LogP contribution in [0.25, 0.3) is 11.5 Å². The molecule has 43 heavy (non-hydrogen) atoms. The highest BCUT2D eigenvalue weighted by atomic mass is 16.5. The summed E-state index contributed by atoms with van der Waals surface area (Å²) in [6.45, 7) is 10.6. The highest BCUT2D eigenvalue weighted by Crippen LogP contribution is 2.18. The lowest BCUT2D eigenvalue weighted by molar-refractivity contribution is -0.121. The van der Waals surface area contributed by atoms with Crippen molar-refractivity contribution in [3.63, 3.8) is 0 Å². The van der Waals surface area contributed by atoms with Gasteiger partial charge in [-0.2, -0.15) is 0 Å². The minimum atomic E-state index is -0.173. The summed E-state index contributed by atoms with van der Waals surface area (Å²) in [5, 5.41) is 13.5. The molecule has 0 aliphatic heterocycles. The van der Waals surface area contributed by atoms with E-state index in [1.165, 1.54) is 70.6 Å². The molecule has 0 spiro atoms. The molecule has 1 aromatic carbocycles. The lowest BCUT2D eigenvalue weighted by Gasteiger charge is -2.08. The van der Waals surface area contributed by atoms with Gasteiger partial charge in [0, 0.05) is 37.6 Å². The van der Waals surface area contributed by atoms with Gasteiger partial charge < -0.3 is 24.5 Å². The Morgan fingerprint density at radius 2 is 1.21 bits per heavy atom. The first-order chi connectivity index (χ1) is 21.1. The molecule has 0 bridgehead atoms. The molecular weight excluding hydrogens is 544 g/mol. The maximum Gasteiger partial charge on any atom is 0.251 e. The molecule has 1 heterocycles. The van der Waals surface area contributed by atoms with Crippen molar-refractivity contribution in [2.24, 2.45) is 0 Å². The van der Waals surface area contributed by atoms with Crippen LogP contribution in [-0.2, 0) is 14.3 Å². The number of aromatic nitrogens is 2. The van der Waals surface area contributed by atoms with Gasteiger partial charge in [-0.1, -0.05) is 97.8 Å². The first-order valence-electron chi connectivity index (χ1n) is 16.7. The largest absolute Gasteiger partial charge is 0.421 e. The number of nitrogens with zero attached hydrogens (tertiary/aromatic N) is 2. The van der Waals surface area contributed by atoms with Crippen molar-refractivity contribution in [1.82, 2.24) is 20.8 Å². The summed E-state index contributed by atoms with van der Waals surface area (Å²) in [5.74, 6) is 0.850. The van der Waals surface area contributed by atoms with Crippen molar-refractivity contribution in [3.8, 4) is 11.5 Å². The van der Waals surface area contributed by atoms with E-state index in [0.717, 1.165) is 18.4 Å². The number of aryl methyl sites for hydroxylation is 1. The van der Waals surface area contributed by atoms with Gasteiger partial charge in [0.25, 0.3) is 5.91 Å². The SMILES string of the molecule is CC.CCCCCCCCCCCCCCCC(=O)NCCOCCOCCNC(=O)c1ccc(-c2nnc(C)o2)cc1. The monoisotopic (exact) mass is 602 g/mol. The van der Waals surface area contributed by atoms with Gasteiger partial charge in [0.2, 0.25) is 17.7 Å². The molecule has 2 rings (SSSR count). The van der Waals surface area contributed by atoms with Gasteiger partial charge in [0.15, 0.2) is 0 Å². The predicted octanol–water partition coefficient (Wildman–Crippen LogP) is 7.43. The number of rotatable bonds is 25. The number of amides is 2. The van der Waals surface area contributed by atoms with Crippen LogP contribution in [0.4, 0.5) is 0 Å². The van der Waals surface area contributed by atoms with Gasteiger partial charge in [-0.3, -0.25) is 9.59 Å². The Morgan fingerprint density at radius 1 is 0.698 bits per heavy atom. The smallest absolute Gasteiger partial charge is 0.251 e. The molecular formula is C34H58N4O5. The average Bonchev–Trinajstić information content (AvgIpc) is 3.47. The summed E-state index contributed by atoms with van der Waals surface area (Å²) >= 11 is 0. The standard InChI is InChI=1S/C32H52N4O5.C2H6/c1-3-4-5-6-7-8-9-10-11-12-13-14-15-16-30(37)33-21-23-39-25-26-40-24-22-34-31(38)28-17-19-29(20-18-28)32-36-35-27(2)41-32;1-2/h17-20H,3-16,21-26H2,1-2H3,(H,33,37)(H,34,38);1-2H3. The van der Waals surface area contributed by atoms with E-state index in [1.807, 2.05) is 13.8 Å². The van der Waals surface area contributed by atoms with Crippen LogP contribution in [0.1, 0.15) is 127 Å². The van der Waals surface area contributed by atoms with E-state index in [1.54, 1.807) is 31.2 Å². The van der Waals surface area contributed by atoms with Crippen molar-refractivity contribution in [3.05, 3.63) is 35.7 Å². The number of nitrogens with one attached hydrogen (secondary N) is 2. The summed E-state index contributed by atoms with van der Waals surface area (Å²) in [7, 11) is 0.